The van der Waals surface area contributed by atoms with Crippen molar-refractivity contribution in [2.75, 3.05) is 0 Å². The van der Waals surface area contributed by atoms with Crippen LogP contribution < -0.4 is 0 Å². The van der Waals surface area contributed by atoms with Crippen molar-refractivity contribution in [2.45, 2.75) is 45.1 Å². The van der Waals surface area contributed by atoms with Crippen molar-refractivity contribution in [3.63, 3.8) is 0 Å². The highest BCUT2D eigenvalue weighted by atomic mass is 16.3. The molecule has 0 aliphatic heterocycles. The van der Waals surface area contributed by atoms with Crippen molar-refractivity contribution < 1.29 is 5.11 Å². The fourth-order valence-corrected chi connectivity index (χ4v) is 2.22. The van der Waals surface area contributed by atoms with Gasteiger partial charge in [0.05, 0.1) is 0 Å². The average Bonchev–Trinajstić information content (AvgIpc) is 2.81. The number of aliphatic hydroxyl groups is 1. The summed E-state index contributed by atoms with van der Waals surface area (Å²) in [6.07, 6.45) is 5.16. The van der Waals surface area contributed by atoms with E-state index in [0.717, 1.165) is 18.4 Å². The minimum atomic E-state index is -0.385. The molecule has 0 heterocycles. The predicted molar refractivity (Wildman–Crippen MR) is 67.4 cm³/mol. The highest BCUT2D eigenvalue weighted by Crippen LogP contribution is 2.30. The molecule has 0 aromatic heterocycles. The van der Waals surface area contributed by atoms with E-state index in [1.54, 1.807) is 0 Å². The van der Waals surface area contributed by atoms with Crippen LogP contribution in [0.25, 0.3) is 0 Å². The minimum Gasteiger partial charge on any atom is -0.384 e. The maximum atomic E-state index is 10.2. The molecule has 86 valence electrons. The van der Waals surface area contributed by atoms with E-state index in [1.807, 2.05) is 0 Å². The topological polar surface area (TPSA) is 20.2 Å². The molecule has 1 N–H and O–H groups in total. The normalized spacial score (nSPS) is 17.6. The molecule has 1 aliphatic carbocycles. The van der Waals surface area contributed by atoms with Gasteiger partial charge < -0.3 is 5.11 Å². The van der Waals surface area contributed by atoms with E-state index in [-0.39, 0.29) is 6.10 Å². The summed E-state index contributed by atoms with van der Waals surface area (Å²) in [5.41, 5.74) is 3.55. The van der Waals surface area contributed by atoms with Gasteiger partial charge in [0.15, 0.2) is 0 Å². The van der Waals surface area contributed by atoms with Crippen molar-refractivity contribution >= 4 is 0 Å². The molecule has 1 nitrogen and oxygen atoms in total. The van der Waals surface area contributed by atoms with Gasteiger partial charge >= 0.3 is 0 Å². The van der Waals surface area contributed by atoms with Crippen molar-refractivity contribution in [1.82, 2.24) is 0 Å². The molecular formula is C15H20O. The Morgan fingerprint density at radius 3 is 2.19 bits per heavy atom. The second-order valence-electron chi connectivity index (χ2n) is 4.90. The number of hydrogen-bond donors (Lipinski definition) is 1. The Morgan fingerprint density at radius 1 is 1.06 bits per heavy atom. The molecule has 0 saturated heterocycles. The van der Waals surface area contributed by atoms with E-state index in [9.17, 15) is 5.11 Å². The SMILES string of the molecule is CC(C)c1ccc(C(O)C2=CCCC2)cc1. The van der Waals surface area contributed by atoms with E-state index >= 15 is 0 Å². The lowest BCUT2D eigenvalue weighted by Crippen LogP contribution is -2.00. The zero-order valence-electron chi connectivity index (χ0n) is 10.1. The second kappa shape index (κ2) is 4.84. The van der Waals surface area contributed by atoms with Crippen LogP contribution >= 0.6 is 0 Å². The zero-order valence-corrected chi connectivity index (χ0v) is 10.1. The molecule has 1 heteroatoms. The number of rotatable bonds is 3. The van der Waals surface area contributed by atoms with Gasteiger partial charge in [-0.2, -0.15) is 0 Å². The van der Waals surface area contributed by atoms with Crippen LogP contribution in [0, 0.1) is 0 Å². The largest absolute Gasteiger partial charge is 0.384 e. The number of benzene rings is 1. The first-order valence-corrected chi connectivity index (χ1v) is 6.15. The lowest BCUT2D eigenvalue weighted by Gasteiger charge is -2.13. The predicted octanol–water partition coefficient (Wildman–Crippen LogP) is 3.95. The third-order valence-corrected chi connectivity index (χ3v) is 3.35. The molecule has 16 heavy (non-hydrogen) atoms. The van der Waals surface area contributed by atoms with Gasteiger partial charge in [0.1, 0.15) is 6.10 Å². The van der Waals surface area contributed by atoms with Crippen LogP contribution in [0.3, 0.4) is 0 Å². The summed E-state index contributed by atoms with van der Waals surface area (Å²) in [7, 11) is 0. The molecule has 1 aromatic carbocycles. The van der Waals surface area contributed by atoms with E-state index in [2.05, 4.69) is 44.2 Å². The highest BCUT2D eigenvalue weighted by molar-refractivity contribution is 5.31. The second-order valence-corrected chi connectivity index (χ2v) is 4.90. The Kier molecular flexibility index (Phi) is 3.45. The van der Waals surface area contributed by atoms with Crippen LogP contribution in [0.2, 0.25) is 0 Å². The molecule has 0 saturated carbocycles. The van der Waals surface area contributed by atoms with Gasteiger partial charge in [-0.05, 0) is 41.9 Å². The number of allylic oxidation sites excluding steroid dienone is 1. The van der Waals surface area contributed by atoms with Crippen LogP contribution in [0.15, 0.2) is 35.9 Å². The summed E-state index contributed by atoms with van der Waals surface area (Å²) < 4.78 is 0. The van der Waals surface area contributed by atoms with E-state index in [0.29, 0.717) is 5.92 Å². The maximum absolute atomic E-state index is 10.2. The lowest BCUT2D eigenvalue weighted by atomic mass is 9.97. The first-order chi connectivity index (χ1) is 7.68. The van der Waals surface area contributed by atoms with Gasteiger partial charge in [-0.1, -0.05) is 44.2 Å². The summed E-state index contributed by atoms with van der Waals surface area (Å²) >= 11 is 0. The zero-order chi connectivity index (χ0) is 11.5. The van der Waals surface area contributed by atoms with E-state index in [1.165, 1.54) is 17.6 Å². The molecule has 2 rings (SSSR count). The average molecular weight is 216 g/mol. The Balaban J connectivity index is 2.14. The molecule has 1 unspecified atom stereocenters. The summed E-state index contributed by atoms with van der Waals surface area (Å²) in [4.78, 5) is 0. The Bertz CT molecular complexity index is 373. The molecule has 1 atom stereocenters. The monoisotopic (exact) mass is 216 g/mol. The van der Waals surface area contributed by atoms with Crippen LogP contribution in [0.4, 0.5) is 0 Å². The molecule has 0 radical (unpaired) electrons. The summed E-state index contributed by atoms with van der Waals surface area (Å²) in [5, 5.41) is 10.2. The number of aliphatic hydroxyl groups excluding tert-OH is 1. The van der Waals surface area contributed by atoms with Crippen molar-refractivity contribution in [1.29, 1.82) is 0 Å². The molecule has 1 aromatic rings. The third kappa shape index (κ3) is 2.35. The van der Waals surface area contributed by atoms with Crippen LogP contribution in [-0.4, -0.2) is 5.11 Å². The fraction of sp³-hybridized carbons (Fsp3) is 0.467. The molecule has 1 aliphatic rings. The quantitative estimate of drug-likeness (QED) is 0.758. The summed E-state index contributed by atoms with van der Waals surface area (Å²) in [6.45, 7) is 4.37. The third-order valence-electron chi connectivity index (χ3n) is 3.35. The summed E-state index contributed by atoms with van der Waals surface area (Å²) in [6, 6.07) is 8.36. The Labute approximate surface area is 97.8 Å². The molecular weight excluding hydrogens is 196 g/mol. The lowest BCUT2D eigenvalue weighted by molar-refractivity contribution is 0.212. The van der Waals surface area contributed by atoms with E-state index in [4.69, 9.17) is 0 Å². The van der Waals surface area contributed by atoms with Gasteiger partial charge in [-0.15, -0.1) is 0 Å². The van der Waals surface area contributed by atoms with Gasteiger partial charge in [0.2, 0.25) is 0 Å². The van der Waals surface area contributed by atoms with Gasteiger partial charge in [0, 0.05) is 0 Å². The first kappa shape index (κ1) is 11.4. The molecule has 0 spiro atoms. The Hall–Kier alpha value is -1.08. The first-order valence-electron chi connectivity index (χ1n) is 6.15. The van der Waals surface area contributed by atoms with Crippen LogP contribution in [0.1, 0.15) is 56.3 Å². The van der Waals surface area contributed by atoms with Crippen LogP contribution in [-0.2, 0) is 0 Å². The van der Waals surface area contributed by atoms with Gasteiger partial charge in [-0.3, -0.25) is 0 Å². The van der Waals surface area contributed by atoms with Crippen molar-refractivity contribution in [3.8, 4) is 0 Å². The van der Waals surface area contributed by atoms with E-state index < -0.39 is 0 Å². The Morgan fingerprint density at radius 2 is 1.69 bits per heavy atom. The highest BCUT2D eigenvalue weighted by Gasteiger charge is 2.16. The standard InChI is InChI=1S/C15H20O/c1-11(2)12-7-9-14(10-8-12)15(16)13-5-3-4-6-13/h5,7-11,15-16H,3-4,6H2,1-2H3. The summed E-state index contributed by atoms with van der Waals surface area (Å²) in [5.74, 6) is 0.553. The van der Waals surface area contributed by atoms with Crippen molar-refractivity contribution in [3.05, 3.63) is 47.0 Å². The minimum absolute atomic E-state index is 0.385. The molecule has 0 bridgehead atoms. The van der Waals surface area contributed by atoms with Crippen molar-refractivity contribution in [2.24, 2.45) is 0 Å². The fourth-order valence-electron chi connectivity index (χ4n) is 2.22. The van der Waals surface area contributed by atoms with Gasteiger partial charge in [0.25, 0.3) is 0 Å². The number of hydrogen-bond acceptors (Lipinski definition) is 1. The molecule has 0 amide bonds. The smallest absolute Gasteiger partial charge is 0.100 e. The molecule has 0 fully saturated rings. The van der Waals surface area contributed by atoms with Gasteiger partial charge in [-0.25, -0.2) is 0 Å². The van der Waals surface area contributed by atoms with Crippen LogP contribution in [0.5, 0.6) is 0 Å². The maximum Gasteiger partial charge on any atom is 0.100 e.